The summed E-state index contributed by atoms with van der Waals surface area (Å²) in [5.41, 5.74) is 6.02. The van der Waals surface area contributed by atoms with Crippen LogP contribution in [0, 0.1) is 0 Å². The van der Waals surface area contributed by atoms with E-state index in [-0.39, 0.29) is 49.1 Å². The summed E-state index contributed by atoms with van der Waals surface area (Å²) in [6.07, 6.45) is 6.33. The number of carboxylic acid groups (broad SMARTS) is 1. The van der Waals surface area contributed by atoms with E-state index in [0.29, 0.717) is 27.4 Å². The zero-order chi connectivity index (χ0) is 37.9. The molecule has 3 amide bonds. The molecule has 1 aromatic heterocycles. The minimum absolute atomic E-state index is 0.0537. The standard InChI is InChI=1S/C42H47N3O7S/c1-4-33(5-2)45(36(46)23-24-37(47)48)26-29-9-8-10-31(25-29)39(49)44-41-38(34-11-6-7-12-35(34)53-41)40(50)43-32-21-17-28(18-22-32)14-13-27-15-19-30(20-16-27)42(51)52-3/h8-10,15-22,25,33H,4-7,11-14,23-24,26H2,1-3H3,(H,43,50)(H,44,49)(H,47,48). The average Bonchev–Trinajstić information content (AvgIpc) is 3.54. The van der Waals surface area contributed by atoms with Crippen LogP contribution >= 0.6 is 11.3 Å². The first-order chi connectivity index (χ1) is 25.6. The molecule has 0 radical (unpaired) electrons. The topological polar surface area (TPSA) is 142 Å². The molecule has 0 spiro atoms. The Hall–Kier alpha value is -5.29. The van der Waals surface area contributed by atoms with Gasteiger partial charge in [0.1, 0.15) is 5.00 Å². The molecular formula is C42H47N3O7S. The van der Waals surface area contributed by atoms with E-state index in [1.807, 2.05) is 56.3 Å². The molecule has 0 saturated carbocycles. The van der Waals surface area contributed by atoms with Gasteiger partial charge in [-0.1, -0.05) is 50.2 Å². The summed E-state index contributed by atoms with van der Waals surface area (Å²) in [6.45, 7) is 4.25. The lowest BCUT2D eigenvalue weighted by Gasteiger charge is -2.31. The Labute approximate surface area is 314 Å². The lowest BCUT2D eigenvalue weighted by molar-refractivity contribution is -0.142. The number of hydrogen-bond donors (Lipinski definition) is 3. The van der Waals surface area contributed by atoms with Crippen molar-refractivity contribution < 1.29 is 33.8 Å². The lowest BCUT2D eigenvalue weighted by Crippen LogP contribution is -2.39. The van der Waals surface area contributed by atoms with Crippen molar-refractivity contribution in [3.8, 4) is 0 Å². The minimum Gasteiger partial charge on any atom is -0.481 e. The molecule has 53 heavy (non-hydrogen) atoms. The van der Waals surface area contributed by atoms with Crippen molar-refractivity contribution in [2.75, 3.05) is 17.7 Å². The maximum atomic E-state index is 13.9. The monoisotopic (exact) mass is 737 g/mol. The van der Waals surface area contributed by atoms with Crippen LogP contribution in [0.15, 0.2) is 72.8 Å². The summed E-state index contributed by atoms with van der Waals surface area (Å²) in [5, 5.41) is 15.7. The van der Waals surface area contributed by atoms with Crippen molar-refractivity contribution in [1.29, 1.82) is 0 Å². The molecule has 278 valence electrons. The molecule has 1 aliphatic carbocycles. The molecule has 10 nitrogen and oxygen atoms in total. The zero-order valence-corrected chi connectivity index (χ0v) is 31.4. The van der Waals surface area contributed by atoms with Gasteiger partial charge in [0.25, 0.3) is 11.8 Å². The summed E-state index contributed by atoms with van der Waals surface area (Å²) in [6, 6.07) is 22.1. The van der Waals surface area contributed by atoms with Crippen molar-refractivity contribution >= 4 is 51.7 Å². The first-order valence-electron chi connectivity index (χ1n) is 18.2. The van der Waals surface area contributed by atoms with Gasteiger partial charge in [-0.25, -0.2) is 4.79 Å². The normalized spacial score (nSPS) is 12.2. The van der Waals surface area contributed by atoms with Crippen LogP contribution in [0.4, 0.5) is 10.7 Å². The molecular weight excluding hydrogens is 691 g/mol. The Morgan fingerprint density at radius 3 is 2.09 bits per heavy atom. The van der Waals surface area contributed by atoms with E-state index in [1.165, 1.54) is 18.4 Å². The molecule has 0 aliphatic heterocycles. The molecule has 0 saturated heterocycles. The van der Waals surface area contributed by atoms with Gasteiger partial charge < -0.3 is 25.4 Å². The van der Waals surface area contributed by atoms with Crippen LogP contribution in [-0.2, 0) is 46.6 Å². The second kappa shape index (κ2) is 18.5. The summed E-state index contributed by atoms with van der Waals surface area (Å²) in [7, 11) is 1.36. The Kier molecular flexibility index (Phi) is 13.6. The molecule has 0 atom stereocenters. The van der Waals surface area contributed by atoms with Crippen LogP contribution in [0.3, 0.4) is 0 Å². The number of aliphatic carboxylic acids is 1. The number of nitrogens with zero attached hydrogens (tertiary/aromatic N) is 1. The van der Waals surface area contributed by atoms with Gasteiger partial charge in [0, 0.05) is 35.1 Å². The first-order valence-corrected chi connectivity index (χ1v) is 19.0. The Morgan fingerprint density at radius 1 is 0.792 bits per heavy atom. The highest BCUT2D eigenvalue weighted by atomic mass is 32.1. The maximum absolute atomic E-state index is 13.9. The SMILES string of the molecule is CCC(CC)N(Cc1cccc(C(=O)Nc2sc3c(c2C(=O)Nc2ccc(CCc4ccc(C(=O)OC)cc4)cc2)CCCC3)c1)C(=O)CCC(=O)O. The summed E-state index contributed by atoms with van der Waals surface area (Å²) in [4.78, 5) is 66.3. The largest absolute Gasteiger partial charge is 0.481 e. The fourth-order valence-corrected chi connectivity index (χ4v) is 8.03. The number of nitrogens with one attached hydrogen (secondary N) is 2. The van der Waals surface area contributed by atoms with Crippen molar-refractivity contribution in [2.45, 2.75) is 90.6 Å². The van der Waals surface area contributed by atoms with Gasteiger partial charge in [-0.2, -0.15) is 0 Å². The Morgan fingerprint density at radius 2 is 1.45 bits per heavy atom. The predicted octanol–water partition coefficient (Wildman–Crippen LogP) is 8.09. The summed E-state index contributed by atoms with van der Waals surface area (Å²) in [5.74, 6) is -2.23. The van der Waals surface area contributed by atoms with E-state index in [0.717, 1.165) is 78.5 Å². The zero-order valence-electron chi connectivity index (χ0n) is 30.5. The Balaban J connectivity index is 1.27. The highest BCUT2D eigenvalue weighted by Gasteiger charge is 2.27. The number of carboxylic acids is 1. The van der Waals surface area contributed by atoms with Crippen molar-refractivity contribution in [3.05, 3.63) is 117 Å². The van der Waals surface area contributed by atoms with Crippen molar-refractivity contribution in [1.82, 2.24) is 4.90 Å². The van der Waals surface area contributed by atoms with E-state index in [2.05, 4.69) is 10.6 Å². The third kappa shape index (κ3) is 10.2. The molecule has 11 heteroatoms. The van der Waals surface area contributed by atoms with Crippen LogP contribution in [0.1, 0.15) is 111 Å². The number of carbonyl (C=O) groups excluding carboxylic acids is 4. The number of methoxy groups -OCH3 is 1. The molecule has 0 bridgehead atoms. The van der Waals surface area contributed by atoms with E-state index in [4.69, 9.17) is 9.84 Å². The van der Waals surface area contributed by atoms with Gasteiger partial charge in [0.05, 0.1) is 24.7 Å². The number of rotatable bonds is 16. The third-order valence-corrected chi connectivity index (χ3v) is 10.9. The Bertz CT molecular complexity index is 1930. The lowest BCUT2D eigenvalue weighted by atomic mass is 9.95. The number of anilines is 2. The number of hydrogen-bond acceptors (Lipinski definition) is 7. The molecule has 1 heterocycles. The number of ether oxygens (including phenoxy) is 1. The van der Waals surface area contributed by atoms with Gasteiger partial charge in [-0.05, 0) is 110 Å². The summed E-state index contributed by atoms with van der Waals surface area (Å²) >= 11 is 1.45. The highest BCUT2D eigenvalue weighted by molar-refractivity contribution is 7.17. The highest BCUT2D eigenvalue weighted by Crippen LogP contribution is 2.39. The van der Waals surface area contributed by atoms with Crippen LogP contribution in [-0.4, -0.2) is 52.8 Å². The smallest absolute Gasteiger partial charge is 0.337 e. The minimum atomic E-state index is -1.02. The molecule has 5 rings (SSSR count). The maximum Gasteiger partial charge on any atom is 0.337 e. The van der Waals surface area contributed by atoms with E-state index >= 15 is 0 Å². The predicted molar refractivity (Wildman–Crippen MR) is 207 cm³/mol. The number of carbonyl (C=O) groups is 5. The second-order valence-corrected chi connectivity index (χ2v) is 14.4. The molecule has 0 unspecified atom stereocenters. The fraction of sp³-hybridized carbons (Fsp3) is 0.357. The second-order valence-electron chi connectivity index (χ2n) is 13.3. The van der Waals surface area contributed by atoms with Gasteiger partial charge in [-0.3, -0.25) is 19.2 Å². The number of fused-ring (bicyclic) bond motifs is 1. The van der Waals surface area contributed by atoms with Crippen LogP contribution in [0.5, 0.6) is 0 Å². The molecule has 4 aromatic rings. The average molecular weight is 738 g/mol. The summed E-state index contributed by atoms with van der Waals surface area (Å²) < 4.78 is 4.77. The van der Waals surface area contributed by atoms with Gasteiger partial charge in [0.15, 0.2) is 0 Å². The van der Waals surface area contributed by atoms with Crippen LogP contribution in [0.2, 0.25) is 0 Å². The number of aryl methyl sites for hydroxylation is 3. The van der Waals surface area contributed by atoms with Gasteiger partial charge >= 0.3 is 11.9 Å². The molecule has 3 aromatic carbocycles. The number of thiophene rings is 1. The quantitative estimate of drug-likeness (QED) is 0.0987. The first kappa shape index (κ1) is 38.9. The van der Waals surface area contributed by atoms with Crippen molar-refractivity contribution in [3.63, 3.8) is 0 Å². The van der Waals surface area contributed by atoms with Crippen LogP contribution in [0.25, 0.3) is 0 Å². The van der Waals surface area contributed by atoms with E-state index in [9.17, 15) is 24.0 Å². The number of benzene rings is 3. The van der Waals surface area contributed by atoms with E-state index in [1.54, 1.807) is 35.2 Å². The third-order valence-electron chi connectivity index (χ3n) is 9.71. The van der Waals surface area contributed by atoms with Gasteiger partial charge in [0.2, 0.25) is 5.91 Å². The van der Waals surface area contributed by atoms with Gasteiger partial charge in [-0.15, -0.1) is 11.3 Å². The molecule has 0 fully saturated rings. The van der Waals surface area contributed by atoms with E-state index < -0.39 is 5.97 Å². The fourth-order valence-electron chi connectivity index (χ4n) is 6.75. The van der Waals surface area contributed by atoms with Crippen LogP contribution < -0.4 is 10.6 Å². The van der Waals surface area contributed by atoms with Crippen molar-refractivity contribution in [2.24, 2.45) is 0 Å². The number of esters is 1. The number of amides is 3. The molecule has 3 N–H and O–H groups in total. The molecule has 1 aliphatic rings.